The molecule has 3 aliphatic carbocycles. The van der Waals surface area contributed by atoms with E-state index in [1.807, 2.05) is 48.8 Å². The quantitative estimate of drug-likeness (QED) is 0.167. The Morgan fingerprint density at radius 1 is 0.537 bits per heavy atom. The summed E-state index contributed by atoms with van der Waals surface area (Å²) in [7, 11) is 0. The second kappa shape index (κ2) is 15.2. The van der Waals surface area contributed by atoms with Crippen LogP contribution >= 0.6 is 0 Å². The largest absolute Gasteiger partial charge is 0.310 e. The molecule has 5 heteroatoms. The molecule has 0 fully saturated rings. The zero-order chi connectivity index (χ0) is 45.7. The van der Waals surface area contributed by atoms with Crippen LogP contribution in [0.25, 0.3) is 56.1 Å². The van der Waals surface area contributed by atoms with Gasteiger partial charge >= 0.3 is 0 Å². The first kappa shape index (κ1) is 40.8. The van der Waals surface area contributed by atoms with E-state index >= 15 is 0 Å². The molecule has 0 N–H and O–H groups in total. The first-order chi connectivity index (χ1) is 32.5. The van der Waals surface area contributed by atoms with Crippen LogP contribution in [0.2, 0.25) is 0 Å². The normalized spacial score (nSPS) is 14.6. The van der Waals surface area contributed by atoms with Crippen LogP contribution in [0, 0.1) is 0 Å². The molecule has 0 bridgehead atoms. The van der Waals surface area contributed by atoms with Crippen molar-refractivity contribution in [3.05, 3.63) is 227 Å². The van der Waals surface area contributed by atoms with E-state index in [-0.39, 0.29) is 10.8 Å². The van der Waals surface area contributed by atoms with Gasteiger partial charge in [-0.3, -0.25) is 9.97 Å². The van der Waals surface area contributed by atoms with E-state index in [4.69, 9.17) is 15.0 Å². The van der Waals surface area contributed by atoms with E-state index in [1.54, 1.807) is 0 Å². The van der Waals surface area contributed by atoms with Crippen LogP contribution in [-0.2, 0) is 16.2 Å². The predicted molar refractivity (Wildman–Crippen MR) is 277 cm³/mol. The van der Waals surface area contributed by atoms with Gasteiger partial charge in [-0.25, -0.2) is 4.98 Å². The third-order valence-electron chi connectivity index (χ3n) is 14.3. The Kier molecular flexibility index (Phi) is 9.28. The fourth-order valence-corrected chi connectivity index (χ4v) is 11.2. The number of rotatable bonds is 6. The average Bonchev–Trinajstić information content (AvgIpc) is 3.96. The van der Waals surface area contributed by atoms with Crippen molar-refractivity contribution in [3.63, 3.8) is 0 Å². The minimum atomic E-state index is -0.501. The number of pyridine rings is 3. The molecule has 3 aliphatic rings. The molecule has 0 saturated carbocycles. The average molecular weight is 868 g/mol. The van der Waals surface area contributed by atoms with Crippen molar-refractivity contribution >= 4 is 33.5 Å². The van der Waals surface area contributed by atoms with Gasteiger partial charge in [0.2, 0.25) is 0 Å². The molecular weight excluding hydrogens is 815 g/mol. The van der Waals surface area contributed by atoms with Crippen LogP contribution in [-0.4, -0.2) is 19.5 Å². The molecule has 4 heterocycles. The second-order valence-electron chi connectivity index (χ2n) is 20.4. The van der Waals surface area contributed by atoms with E-state index in [1.165, 1.54) is 61.2 Å². The Hall–Kier alpha value is -7.63. The Labute approximate surface area is 393 Å². The van der Waals surface area contributed by atoms with Gasteiger partial charge in [-0.05, 0) is 147 Å². The fourth-order valence-electron chi connectivity index (χ4n) is 11.2. The Balaban J connectivity index is 1.19. The molecule has 5 aromatic carbocycles. The standard InChI is InChI=1S/C62H53N5/c1-60(2,3)40-25-29-42(30-26-40)66(43-31-27-41(28-32-43)61(4,5)6)44-33-34-57-49(37-44)58-59(67(57)45-38-55(53-23-13-15-35-63-53)65-56(39-45)54-24-14-16-36-64-54)48-19-9-12-22-52(48)62(58)50-20-10-7-17-46(50)47-18-8-11-21-51(47)62/h7-11,13-21,23-39H,12,22H2,1-6H3. The first-order valence-corrected chi connectivity index (χ1v) is 23.7. The number of anilines is 3. The van der Waals surface area contributed by atoms with Crippen molar-refractivity contribution in [2.45, 2.75) is 70.6 Å². The number of aromatic nitrogens is 4. The molecule has 67 heavy (non-hydrogen) atoms. The van der Waals surface area contributed by atoms with Gasteiger partial charge < -0.3 is 9.47 Å². The van der Waals surface area contributed by atoms with Gasteiger partial charge in [0.05, 0.1) is 45.1 Å². The van der Waals surface area contributed by atoms with E-state index in [2.05, 4.69) is 191 Å². The van der Waals surface area contributed by atoms with Crippen molar-refractivity contribution in [1.29, 1.82) is 0 Å². The van der Waals surface area contributed by atoms with Crippen LogP contribution < -0.4 is 4.90 Å². The van der Waals surface area contributed by atoms with Gasteiger partial charge in [-0.1, -0.05) is 139 Å². The molecule has 0 unspecified atom stereocenters. The maximum atomic E-state index is 5.25. The number of fused-ring (bicyclic) bond motifs is 11. The van der Waals surface area contributed by atoms with Crippen LogP contribution in [0.3, 0.4) is 0 Å². The number of hydrogen-bond acceptors (Lipinski definition) is 4. The Morgan fingerprint density at radius 2 is 1.06 bits per heavy atom. The molecule has 0 aliphatic heterocycles. The van der Waals surface area contributed by atoms with Gasteiger partial charge in [-0.15, -0.1) is 0 Å². The second-order valence-corrected chi connectivity index (χ2v) is 20.4. The molecule has 326 valence electrons. The maximum Gasteiger partial charge on any atom is 0.0915 e. The van der Waals surface area contributed by atoms with Crippen molar-refractivity contribution < 1.29 is 0 Å². The lowest BCUT2D eigenvalue weighted by atomic mass is 9.67. The molecule has 12 rings (SSSR count). The first-order valence-electron chi connectivity index (χ1n) is 23.7. The van der Waals surface area contributed by atoms with Gasteiger partial charge in [0.25, 0.3) is 0 Å². The summed E-state index contributed by atoms with van der Waals surface area (Å²) in [6.07, 6.45) is 10.4. The van der Waals surface area contributed by atoms with Gasteiger partial charge in [0.1, 0.15) is 0 Å². The van der Waals surface area contributed by atoms with Crippen molar-refractivity contribution in [2.24, 2.45) is 0 Å². The van der Waals surface area contributed by atoms with Crippen molar-refractivity contribution in [1.82, 2.24) is 19.5 Å². The SMILES string of the molecule is CC(C)(C)c1ccc(N(c2ccc(C(C)(C)C)cc2)c2ccc3c(c2)c2c(n3-c3cc(-c4ccccn4)nc(-c4ccccn4)c3)C3=C(CCC=C3)C23c2ccccc2-c2ccccc23)cc1. The van der Waals surface area contributed by atoms with E-state index in [9.17, 15) is 0 Å². The maximum absolute atomic E-state index is 5.25. The summed E-state index contributed by atoms with van der Waals surface area (Å²) in [6.45, 7) is 13.7. The number of benzene rings is 5. The number of allylic oxidation sites excluding steroid dienone is 4. The molecule has 0 saturated heterocycles. The minimum Gasteiger partial charge on any atom is -0.310 e. The van der Waals surface area contributed by atoms with Crippen LogP contribution in [0.4, 0.5) is 17.1 Å². The predicted octanol–water partition coefficient (Wildman–Crippen LogP) is 15.6. The lowest BCUT2D eigenvalue weighted by Gasteiger charge is -2.33. The third kappa shape index (κ3) is 6.39. The van der Waals surface area contributed by atoms with Crippen LogP contribution in [0.1, 0.15) is 87.9 Å². The molecule has 9 aromatic rings. The molecule has 0 amide bonds. The molecule has 0 radical (unpaired) electrons. The lowest BCUT2D eigenvalue weighted by Crippen LogP contribution is -2.27. The highest BCUT2D eigenvalue weighted by molar-refractivity contribution is 6.06. The molecule has 0 atom stereocenters. The minimum absolute atomic E-state index is 0.0304. The molecule has 1 spiro atoms. The summed E-state index contributed by atoms with van der Waals surface area (Å²) in [5.41, 5.74) is 21.5. The van der Waals surface area contributed by atoms with Gasteiger partial charge in [0.15, 0.2) is 0 Å². The number of nitrogens with zero attached hydrogens (tertiary/aromatic N) is 5. The molecule has 5 nitrogen and oxygen atoms in total. The highest BCUT2D eigenvalue weighted by Gasteiger charge is 2.55. The highest BCUT2D eigenvalue weighted by Crippen LogP contribution is 2.66. The van der Waals surface area contributed by atoms with Crippen molar-refractivity contribution in [3.8, 4) is 39.6 Å². The van der Waals surface area contributed by atoms with Gasteiger partial charge in [-0.2, -0.15) is 0 Å². The monoisotopic (exact) mass is 867 g/mol. The van der Waals surface area contributed by atoms with E-state index in [0.29, 0.717) is 0 Å². The third-order valence-corrected chi connectivity index (χ3v) is 14.3. The van der Waals surface area contributed by atoms with E-state index < -0.39 is 5.41 Å². The fraction of sp³-hybridized carbons (Fsp3) is 0.177. The topological polar surface area (TPSA) is 46.8 Å². The van der Waals surface area contributed by atoms with Crippen LogP contribution in [0.15, 0.2) is 194 Å². The summed E-state index contributed by atoms with van der Waals surface area (Å²) < 4.78 is 2.53. The summed E-state index contributed by atoms with van der Waals surface area (Å²) in [5, 5.41) is 1.22. The van der Waals surface area contributed by atoms with E-state index in [0.717, 1.165) is 63.9 Å². The zero-order valence-electron chi connectivity index (χ0n) is 39.0. The Bertz CT molecular complexity index is 3290. The number of hydrogen-bond donors (Lipinski definition) is 0. The highest BCUT2D eigenvalue weighted by atomic mass is 15.1. The zero-order valence-corrected chi connectivity index (χ0v) is 39.0. The van der Waals surface area contributed by atoms with Crippen molar-refractivity contribution in [2.75, 3.05) is 4.90 Å². The summed E-state index contributed by atoms with van der Waals surface area (Å²) in [4.78, 5) is 17.3. The molecule has 4 aromatic heterocycles. The summed E-state index contributed by atoms with van der Waals surface area (Å²) in [6, 6.07) is 60.3. The Morgan fingerprint density at radius 3 is 1.58 bits per heavy atom. The van der Waals surface area contributed by atoms with Gasteiger partial charge in [0, 0.05) is 40.4 Å². The summed E-state index contributed by atoms with van der Waals surface area (Å²) >= 11 is 0. The summed E-state index contributed by atoms with van der Waals surface area (Å²) in [5.74, 6) is 0. The lowest BCUT2D eigenvalue weighted by molar-refractivity contribution is 0.590. The smallest absolute Gasteiger partial charge is 0.0915 e. The molecular formula is C62H53N5. The van der Waals surface area contributed by atoms with Crippen LogP contribution in [0.5, 0.6) is 0 Å².